The van der Waals surface area contributed by atoms with Crippen LogP contribution in [-0.4, -0.2) is 23.3 Å². The van der Waals surface area contributed by atoms with Crippen LogP contribution in [-0.2, 0) is 11.2 Å². The van der Waals surface area contributed by atoms with E-state index in [0.717, 1.165) is 35.2 Å². The Kier molecular flexibility index (Phi) is 6.77. The number of rotatable bonds is 7. The van der Waals surface area contributed by atoms with Gasteiger partial charge < -0.3 is 5.32 Å². The van der Waals surface area contributed by atoms with Crippen LogP contribution in [0.1, 0.15) is 40.4 Å². The monoisotopic (exact) mass is 407 g/mol. The number of aryl methyl sites for hydroxylation is 2. The summed E-state index contributed by atoms with van der Waals surface area (Å²) in [5.74, 6) is -0.133. The Morgan fingerprint density at radius 3 is 2.55 bits per heavy atom. The molecule has 1 heterocycles. The zero-order valence-electron chi connectivity index (χ0n) is 16.9. The second kappa shape index (κ2) is 9.47. The van der Waals surface area contributed by atoms with Crippen molar-refractivity contribution < 1.29 is 9.59 Å². The number of carbonyl (C=O) groups is 2. The minimum atomic E-state index is -0.137. The number of hydrogen-bond donors (Lipinski definition) is 2. The van der Waals surface area contributed by atoms with Crippen molar-refractivity contribution in [1.29, 1.82) is 0 Å². The van der Waals surface area contributed by atoms with E-state index in [1.54, 1.807) is 0 Å². The molecule has 2 amide bonds. The van der Waals surface area contributed by atoms with Gasteiger partial charge in [-0.1, -0.05) is 36.4 Å². The van der Waals surface area contributed by atoms with E-state index in [1.807, 2.05) is 49.6 Å². The highest BCUT2D eigenvalue weighted by atomic mass is 32.1. The zero-order valence-corrected chi connectivity index (χ0v) is 17.7. The number of aromatic nitrogens is 1. The van der Waals surface area contributed by atoms with Gasteiger partial charge in [0, 0.05) is 30.0 Å². The predicted octanol–water partition coefficient (Wildman–Crippen LogP) is 4.75. The van der Waals surface area contributed by atoms with Crippen LogP contribution in [0, 0.1) is 13.8 Å². The highest BCUT2D eigenvalue weighted by molar-refractivity contribution is 7.14. The largest absolute Gasteiger partial charge is 0.356 e. The van der Waals surface area contributed by atoms with Crippen molar-refractivity contribution in [3.63, 3.8) is 0 Å². The second-order valence-electron chi connectivity index (χ2n) is 7.02. The van der Waals surface area contributed by atoms with Crippen molar-refractivity contribution in [3.05, 3.63) is 70.1 Å². The molecule has 0 saturated heterocycles. The van der Waals surface area contributed by atoms with Crippen LogP contribution in [0.2, 0.25) is 0 Å². The minimum absolute atomic E-state index is 0.00401. The van der Waals surface area contributed by atoms with E-state index in [4.69, 9.17) is 0 Å². The lowest BCUT2D eigenvalue weighted by Crippen LogP contribution is -2.21. The Hall–Kier alpha value is -2.99. The van der Waals surface area contributed by atoms with E-state index in [0.29, 0.717) is 17.2 Å². The summed E-state index contributed by atoms with van der Waals surface area (Å²) in [5.41, 5.74) is 5.82. The summed E-state index contributed by atoms with van der Waals surface area (Å²) in [5, 5.41) is 8.25. The zero-order chi connectivity index (χ0) is 20.8. The highest BCUT2D eigenvalue weighted by Crippen LogP contribution is 2.26. The summed E-state index contributed by atoms with van der Waals surface area (Å²) in [6.07, 6.45) is 1.82. The topological polar surface area (TPSA) is 71.1 Å². The molecule has 150 valence electrons. The van der Waals surface area contributed by atoms with Crippen molar-refractivity contribution >= 4 is 28.3 Å². The molecule has 0 spiro atoms. The maximum absolute atomic E-state index is 12.6. The average molecular weight is 408 g/mol. The number of hydrogen-bond acceptors (Lipinski definition) is 4. The molecule has 0 unspecified atom stereocenters. The van der Waals surface area contributed by atoms with Crippen LogP contribution < -0.4 is 10.6 Å². The average Bonchev–Trinajstić information content (AvgIpc) is 3.16. The van der Waals surface area contributed by atoms with E-state index in [9.17, 15) is 9.59 Å². The standard InChI is InChI=1S/C23H25N3O2S/c1-15-6-4-8-20(16(15)2)22(28)26-23-25-21(14-29-23)19-11-9-18(10-12-19)7-5-13-24-17(3)27/h4,6,8-12,14H,5,7,13H2,1-3H3,(H,24,27)(H,25,26,28). The molecule has 0 aliphatic carbocycles. The number of nitrogens with one attached hydrogen (secondary N) is 2. The molecule has 0 saturated carbocycles. The molecule has 1 aromatic heterocycles. The van der Waals surface area contributed by atoms with Gasteiger partial charge >= 0.3 is 0 Å². The van der Waals surface area contributed by atoms with Crippen LogP contribution in [0.4, 0.5) is 5.13 Å². The quantitative estimate of drug-likeness (QED) is 0.555. The van der Waals surface area contributed by atoms with Crippen molar-refractivity contribution in [1.82, 2.24) is 10.3 Å². The first-order chi connectivity index (χ1) is 13.9. The third kappa shape index (κ3) is 5.51. The van der Waals surface area contributed by atoms with E-state index in [2.05, 4.69) is 27.8 Å². The first kappa shape index (κ1) is 20.7. The summed E-state index contributed by atoms with van der Waals surface area (Å²) in [6.45, 7) is 6.17. The molecule has 0 bridgehead atoms. The predicted molar refractivity (Wildman–Crippen MR) is 118 cm³/mol. The fraction of sp³-hybridized carbons (Fsp3) is 0.261. The van der Waals surface area contributed by atoms with Gasteiger partial charge in [0.05, 0.1) is 5.69 Å². The molecule has 0 aliphatic heterocycles. The van der Waals surface area contributed by atoms with Gasteiger partial charge in [-0.05, 0) is 49.4 Å². The van der Waals surface area contributed by atoms with Crippen molar-refractivity contribution in [2.24, 2.45) is 0 Å². The minimum Gasteiger partial charge on any atom is -0.356 e. The fourth-order valence-corrected chi connectivity index (χ4v) is 3.74. The van der Waals surface area contributed by atoms with E-state index < -0.39 is 0 Å². The molecule has 2 aromatic carbocycles. The van der Waals surface area contributed by atoms with Crippen LogP contribution in [0.5, 0.6) is 0 Å². The number of carbonyl (C=O) groups excluding carboxylic acids is 2. The molecular formula is C23H25N3O2S. The molecule has 3 rings (SSSR count). The Labute approximate surface area is 175 Å². The summed E-state index contributed by atoms with van der Waals surface area (Å²) in [4.78, 5) is 28.0. The SMILES string of the molecule is CC(=O)NCCCc1ccc(-c2csc(NC(=O)c3cccc(C)c3C)n2)cc1. The molecule has 6 heteroatoms. The molecular weight excluding hydrogens is 382 g/mol. The Morgan fingerprint density at radius 1 is 1.07 bits per heavy atom. The van der Waals surface area contributed by atoms with Crippen molar-refractivity contribution in [2.45, 2.75) is 33.6 Å². The number of benzene rings is 2. The molecule has 5 nitrogen and oxygen atoms in total. The van der Waals surface area contributed by atoms with Gasteiger partial charge in [0.15, 0.2) is 5.13 Å². The lowest BCUT2D eigenvalue weighted by molar-refractivity contribution is -0.118. The van der Waals surface area contributed by atoms with Crippen LogP contribution in [0.25, 0.3) is 11.3 Å². The normalized spacial score (nSPS) is 10.6. The molecule has 0 radical (unpaired) electrons. The first-order valence-electron chi connectivity index (χ1n) is 9.61. The maximum Gasteiger partial charge on any atom is 0.257 e. The molecule has 0 atom stereocenters. The lowest BCUT2D eigenvalue weighted by atomic mass is 10.0. The number of thiazole rings is 1. The van der Waals surface area contributed by atoms with Crippen molar-refractivity contribution in [2.75, 3.05) is 11.9 Å². The van der Waals surface area contributed by atoms with Gasteiger partial charge in [0.2, 0.25) is 5.91 Å². The molecule has 0 aliphatic rings. The van der Waals surface area contributed by atoms with Gasteiger partial charge in [-0.15, -0.1) is 11.3 Å². The second-order valence-corrected chi connectivity index (χ2v) is 7.88. The Balaban J connectivity index is 1.61. The van der Waals surface area contributed by atoms with E-state index in [1.165, 1.54) is 23.8 Å². The van der Waals surface area contributed by atoms with Gasteiger partial charge in [0.1, 0.15) is 0 Å². The van der Waals surface area contributed by atoms with Gasteiger partial charge in [-0.25, -0.2) is 4.98 Å². The lowest BCUT2D eigenvalue weighted by Gasteiger charge is -2.07. The van der Waals surface area contributed by atoms with E-state index >= 15 is 0 Å². The molecule has 0 fully saturated rings. The third-order valence-corrected chi connectivity index (χ3v) is 5.60. The first-order valence-corrected chi connectivity index (χ1v) is 10.5. The number of amides is 2. The van der Waals surface area contributed by atoms with Crippen LogP contribution in [0.3, 0.4) is 0 Å². The number of nitrogens with zero attached hydrogens (tertiary/aromatic N) is 1. The summed E-state index contributed by atoms with van der Waals surface area (Å²) in [7, 11) is 0. The Morgan fingerprint density at radius 2 is 1.83 bits per heavy atom. The van der Waals surface area contributed by atoms with Gasteiger partial charge in [0.25, 0.3) is 5.91 Å². The summed E-state index contributed by atoms with van der Waals surface area (Å²) in [6, 6.07) is 14.0. The number of anilines is 1. The van der Waals surface area contributed by atoms with Crippen LogP contribution in [0.15, 0.2) is 47.8 Å². The highest BCUT2D eigenvalue weighted by Gasteiger charge is 2.13. The van der Waals surface area contributed by atoms with Gasteiger partial charge in [-0.2, -0.15) is 0 Å². The fourth-order valence-electron chi connectivity index (χ4n) is 3.02. The maximum atomic E-state index is 12.6. The Bertz CT molecular complexity index is 1010. The van der Waals surface area contributed by atoms with E-state index in [-0.39, 0.29) is 11.8 Å². The molecule has 3 aromatic rings. The van der Waals surface area contributed by atoms with Crippen molar-refractivity contribution in [3.8, 4) is 11.3 Å². The van der Waals surface area contributed by atoms with Crippen LogP contribution >= 0.6 is 11.3 Å². The summed E-state index contributed by atoms with van der Waals surface area (Å²) < 4.78 is 0. The smallest absolute Gasteiger partial charge is 0.257 e. The molecule has 29 heavy (non-hydrogen) atoms. The van der Waals surface area contributed by atoms with Gasteiger partial charge in [-0.3, -0.25) is 14.9 Å². The third-order valence-electron chi connectivity index (χ3n) is 4.84. The molecule has 2 N–H and O–H groups in total. The summed E-state index contributed by atoms with van der Waals surface area (Å²) >= 11 is 1.42.